The van der Waals surface area contributed by atoms with Crippen molar-refractivity contribution < 1.29 is 4.79 Å². The minimum Gasteiger partial charge on any atom is -0.324 e. The lowest BCUT2D eigenvalue weighted by molar-refractivity contribution is 0.100. The molecule has 0 radical (unpaired) electrons. The first-order valence-corrected chi connectivity index (χ1v) is 5.08. The summed E-state index contributed by atoms with van der Waals surface area (Å²) in [5, 5.41) is 1.01. The van der Waals surface area contributed by atoms with Crippen LogP contribution >= 0.6 is 36.2 Å². The Hall–Kier alpha value is -0.160. The highest BCUT2D eigenvalue weighted by Crippen LogP contribution is 2.24. The van der Waals surface area contributed by atoms with Gasteiger partial charge in [-0.15, -0.1) is 36.2 Å². The van der Waals surface area contributed by atoms with Crippen LogP contribution in [0, 0.1) is 6.92 Å². The molecular weight excluding hydrogens is 255 g/mol. The van der Waals surface area contributed by atoms with Gasteiger partial charge in [-0.1, -0.05) is 13.8 Å². The number of carbonyl (C=O) groups excluding carboxylic acids is 1. The highest BCUT2D eigenvalue weighted by molar-refractivity contribution is 7.14. The third-order valence-corrected chi connectivity index (χ3v) is 3.24. The molecule has 1 aromatic heterocycles. The third kappa shape index (κ3) is 4.07. The minimum atomic E-state index is -0.0121. The van der Waals surface area contributed by atoms with Crippen LogP contribution in [0.1, 0.15) is 40.1 Å². The average Bonchev–Trinajstić information content (AvgIpc) is 2.46. The number of thiazole rings is 1. The van der Waals surface area contributed by atoms with Crippen LogP contribution in [-0.4, -0.2) is 17.3 Å². The standard InChI is InChI=1S/C9H14N2OS.2ClH/c1-5(2)9-11-6(3)8(13-9)7(12)4-10;;/h5H,4,10H2,1-3H3;2*1H. The number of carbonyl (C=O) groups is 1. The van der Waals surface area contributed by atoms with Gasteiger partial charge in [0.15, 0.2) is 5.78 Å². The predicted octanol–water partition coefficient (Wildman–Crippen LogP) is 2.56. The minimum absolute atomic E-state index is 0. The number of rotatable bonds is 3. The molecule has 0 saturated heterocycles. The molecule has 0 aliphatic rings. The zero-order chi connectivity index (χ0) is 10.0. The van der Waals surface area contributed by atoms with Crippen molar-refractivity contribution in [3.8, 4) is 0 Å². The Kier molecular flexibility index (Phi) is 8.24. The fourth-order valence-corrected chi connectivity index (χ4v) is 2.03. The zero-order valence-corrected chi connectivity index (χ0v) is 11.4. The first-order valence-electron chi connectivity index (χ1n) is 4.26. The van der Waals surface area contributed by atoms with Crippen LogP contribution in [0.25, 0.3) is 0 Å². The lowest BCUT2D eigenvalue weighted by Crippen LogP contribution is -2.13. The zero-order valence-electron chi connectivity index (χ0n) is 8.94. The van der Waals surface area contributed by atoms with Gasteiger partial charge in [0.05, 0.1) is 22.1 Å². The number of nitrogens with zero attached hydrogens (tertiary/aromatic N) is 1. The molecule has 0 saturated carbocycles. The number of aromatic nitrogens is 1. The van der Waals surface area contributed by atoms with Gasteiger partial charge in [-0.2, -0.15) is 0 Å². The normalized spacial score (nSPS) is 9.40. The van der Waals surface area contributed by atoms with Gasteiger partial charge in [0.25, 0.3) is 0 Å². The molecule has 15 heavy (non-hydrogen) atoms. The molecular formula is C9H16Cl2N2OS. The largest absolute Gasteiger partial charge is 0.324 e. The van der Waals surface area contributed by atoms with Gasteiger partial charge in [0.2, 0.25) is 0 Å². The van der Waals surface area contributed by atoms with Crippen molar-refractivity contribution in [2.45, 2.75) is 26.7 Å². The number of Topliss-reactive ketones (excluding diaryl/α,β-unsaturated/α-hetero) is 1. The molecule has 2 N–H and O–H groups in total. The smallest absolute Gasteiger partial charge is 0.188 e. The SMILES string of the molecule is Cc1nc(C(C)C)sc1C(=O)CN.Cl.Cl. The number of hydrogen-bond acceptors (Lipinski definition) is 4. The quantitative estimate of drug-likeness (QED) is 0.859. The van der Waals surface area contributed by atoms with E-state index in [1.807, 2.05) is 6.92 Å². The van der Waals surface area contributed by atoms with E-state index in [-0.39, 0.29) is 37.1 Å². The molecule has 88 valence electrons. The van der Waals surface area contributed by atoms with Gasteiger partial charge in [-0.05, 0) is 6.92 Å². The van der Waals surface area contributed by atoms with Crippen molar-refractivity contribution in [1.29, 1.82) is 0 Å². The summed E-state index contributed by atoms with van der Waals surface area (Å²) in [5.74, 6) is 0.366. The van der Waals surface area contributed by atoms with Crippen molar-refractivity contribution in [2.24, 2.45) is 5.73 Å². The second-order valence-electron chi connectivity index (χ2n) is 3.25. The fraction of sp³-hybridized carbons (Fsp3) is 0.556. The van der Waals surface area contributed by atoms with E-state index in [2.05, 4.69) is 18.8 Å². The summed E-state index contributed by atoms with van der Waals surface area (Å²) in [6, 6.07) is 0. The van der Waals surface area contributed by atoms with Crippen LogP contribution < -0.4 is 5.73 Å². The van der Waals surface area contributed by atoms with Crippen molar-refractivity contribution in [1.82, 2.24) is 4.98 Å². The summed E-state index contributed by atoms with van der Waals surface area (Å²) in [6.45, 7) is 6.05. The maximum Gasteiger partial charge on any atom is 0.188 e. The number of aryl methyl sites for hydroxylation is 1. The molecule has 1 heterocycles. The summed E-state index contributed by atoms with van der Waals surface area (Å²) < 4.78 is 0. The number of nitrogens with two attached hydrogens (primary N) is 1. The maximum atomic E-state index is 11.3. The molecule has 0 unspecified atom stereocenters. The van der Waals surface area contributed by atoms with Gasteiger partial charge >= 0.3 is 0 Å². The summed E-state index contributed by atoms with van der Waals surface area (Å²) in [5.41, 5.74) is 6.10. The van der Waals surface area contributed by atoms with Crippen molar-refractivity contribution in [2.75, 3.05) is 6.54 Å². The molecule has 0 aliphatic carbocycles. The molecule has 0 spiro atoms. The summed E-state index contributed by atoms with van der Waals surface area (Å²) >= 11 is 1.46. The Bertz CT molecular complexity index is 326. The molecule has 0 bridgehead atoms. The van der Waals surface area contributed by atoms with Crippen LogP contribution in [0.3, 0.4) is 0 Å². The Morgan fingerprint density at radius 3 is 2.33 bits per heavy atom. The average molecular weight is 271 g/mol. The molecule has 0 aliphatic heterocycles. The summed E-state index contributed by atoms with van der Waals surface area (Å²) in [7, 11) is 0. The van der Waals surface area contributed by atoms with Crippen LogP contribution in [0.15, 0.2) is 0 Å². The van der Waals surface area contributed by atoms with E-state index in [1.165, 1.54) is 11.3 Å². The molecule has 0 atom stereocenters. The third-order valence-electron chi connectivity index (χ3n) is 1.75. The fourth-order valence-electron chi connectivity index (χ4n) is 1.02. The van der Waals surface area contributed by atoms with Crippen molar-refractivity contribution in [3.63, 3.8) is 0 Å². The van der Waals surface area contributed by atoms with E-state index in [9.17, 15) is 4.79 Å². The molecule has 0 amide bonds. The highest BCUT2D eigenvalue weighted by atomic mass is 35.5. The highest BCUT2D eigenvalue weighted by Gasteiger charge is 2.14. The maximum absolute atomic E-state index is 11.3. The van der Waals surface area contributed by atoms with E-state index in [1.54, 1.807) is 0 Å². The number of halogens is 2. The van der Waals surface area contributed by atoms with Gasteiger partial charge in [0.1, 0.15) is 0 Å². The lowest BCUT2D eigenvalue weighted by atomic mass is 10.2. The molecule has 6 heteroatoms. The summed E-state index contributed by atoms with van der Waals surface area (Å²) in [6.07, 6.45) is 0. The lowest BCUT2D eigenvalue weighted by Gasteiger charge is -1.95. The Balaban J connectivity index is 0. The van der Waals surface area contributed by atoms with Crippen molar-refractivity contribution in [3.05, 3.63) is 15.6 Å². The molecule has 0 aromatic carbocycles. The van der Waals surface area contributed by atoms with Crippen LogP contribution in [0.2, 0.25) is 0 Å². The van der Waals surface area contributed by atoms with Crippen LogP contribution in [0.5, 0.6) is 0 Å². The van der Waals surface area contributed by atoms with Crippen LogP contribution in [-0.2, 0) is 0 Å². The van der Waals surface area contributed by atoms with Gasteiger partial charge in [-0.3, -0.25) is 4.79 Å². The topological polar surface area (TPSA) is 56.0 Å². The Labute approximate surface area is 106 Å². The van der Waals surface area contributed by atoms with E-state index < -0.39 is 0 Å². The van der Waals surface area contributed by atoms with E-state index in [0.717, 1.165) is 10.7 Å². The van der Waals surface area contributed by atoms with Gasteiger partial charge < -0.3 is 5.73 Å². The van der Waals surface area contributed by atoms with E-state index >= 15 is 0 Å². The second-order valence-corrected chi connectivity index (χ2v) is 4.28. The van der Waals surface area contributed by atoms with E-state index in [0.29, 0.717) is 10.8 Å². The molecule has 0 fully saturated rings. The van der Waals surface area contributed by atoms with E-state index in [4.69, 9.17) is 5.73 Å². The Morgan fingerprint density at radius 2 is 2.00 bits per heavy atom. The summed E-state index contributed by atoms with van der Waals surface area (Å²) in [4.78, 5) is 16.4. The monoisotopic (exact) mass is 270 g/mol. The number of ketones is 1. The Morgan fingerprint density at radius 1 is 1.47 bits per heavy atom. The number of hydrogen-bond donors (Lipinski definition) is 1. The second kappa shape index (κ2) is 7.17. The molecule has 1 aromatic rings. The predicted molar refractivity (Wildman–Crippen MR) is 68.8 cm³/mol. The first kappa shape index (κ1) is 17.2. The molecule has 3 nitrogen and oxygen atoms in total. The van der Waals surface area contributed by atoms with Gasteiger partial charge in [0, 0.05) is 5.92 Å². The molecule has 1 rings (SSSR count). The van der Waals surface area contributed by atoms with Gasteiger partial charge in [-0.25, -0.2) is 4.98 Å². The van der Waals surface area contributed by atoms with Crippen molar-refractivity contribution >= 4 is 41.9 Å². The van der Waals surface area contributed by atoms with Crippen LogP contribution in [0.4, 0.5) is 0 Å². The first-order chi connectivity index (χ1) is 6.06.